The van der Waals surface area contributed by atoms with Gasteiger partial charge in [0.1, 0.15) is 5.82 Å². The predicted octanol–water partition coefficient (Wildman–Crippen LogP) is -0.233. The van der Waals surface area contributed by atoms with Gasteiger partial charge >= 0.3 is 0 Å². The molecule has 2 heterocycles. The minimum absolute atomic E-state index is 0.0803. The molecular formula is C9H15N3O2. The summed E-state index contributed by atoms with van der Waals surface area (Å²) in [7, 11) is 0. The van der Waals surface area contributed by atoms with Crippen molar-refractivity contribution < 1.29 is 5.11 Å². The molecule has 78 valence electrons. The van der Waals surface area contributed by atoms with E-state index in [0.717, 1.165) is 25.3 Å². The highest BCUT2D eigenvalue weighted by atomic mass is 16.3. The number of aromatic amines is 1. The van der Waals surface area contributed by atoms with Gasteiger partial charge in [-0.2, -0.15) is 0 Å². The van der Waals surface area contributed by atoms with Crippen molar-refractivity contribution in [2.75, 3.05) is 18.0 Å². The van der Waals surface area contributed by atoms with Crippen LogP contribution in [0.2, 0.25) is 0 Å². The van der Waals surface area contributed by atoms with Crippen LogP contribution in [0.4, 0.5) is 5.82 Å². The normalized spacial score (nSPS) is 21.9. The molecule has 1 aliphatic rings. The largest absolute Gasteiger partial charge is 0.391 e. The number of aromatic nitrogens is 2. The maximum Gasteiger partial charge on any atom is 0.266 e. The fourth-order valence-electron chi connectivity index (χ4n) is 1.87. The zero-order valence-corrected chi connectivity index (χ0v) is 8.23. The van der Waals surface area contributed by atoms with E-state index in [9.17, 15) is 9.90 Å². The first-order chi connectivity index (χ1) is 6.70. The molecule has 0 bridgehead atoms. The summed E-state index contributed by atoms with van der Waals surface area (Å²) < 4.78 is 1.81. The lowest BCUT2D eigenvalue weighted by atomic mass is 10.3. The summed E-state index contributed by atoms with van der Waals surface area (Å²) in [5.74, 6) is 0.883. The first-order valence-corrected chi connectivity index (χ1v) is 4.93. The van der Waals surface area contributed by atoms with E-state index < -0.39 is 0 Å². The Bertz CT molecular complexity index is 368. The molecule has 0 saturated carbocycles. The molecule has 14 heavy (non-hydrogen) atoms. The number of nitrogens with one attached hydrogen (secondary N) is 1. The first kappa shape index (κ1) is 9.33. The van der Waals surface area contributed by atoms with Gasteiger partial charge in [0.25, 0.3) is 5.56 Å². The lowest BCUT2D eigenvalue weighted by molar-refractivity contribution is 0.198. The van der Waals surface area contributed by atoms with Gasteiger partial charge in [-0.05, 0) is 13.3 Å². The number of hydrogen-bond acceptors (Lipinski definition) is 3. The Morgan fingerprint density at radius 3 is 3.07 bits per heavy atom. The Balaban J connectivity index is 2.26. The van der Waals surface area contributed by atoms with E-state index in [1.807, 2.05) is 11.8 Å². The highest BCUT2D eigenvalue weighted by Gasteiger charge is 2.22. The van der Waals surface area contributed by atoms with Gasteiger partial charge in [-0.25, -0.2) is 0 Å². The molecule has 5 heteroatoms. The van der Waals surface area contributed by atoms with Gasteiger partial charge in [0.2, 0.25) is 0 Å². The summed E-state index contributed by atoms with van der Waals surface area (Å²) in [5, 5.41) is 12.1. The van der Waals surface area contributed by atoms with Crippen LogP contribution in [0.25, 0.3) is 0 Å². The molecule has 0 aromatic carbocycles. The second-order valence-corrected chi connectivity index (χ2v) is 3.61. The molecule has 5 nitrogen and oxygen atoms in total. The molecule has 1 aromatic rings. The lowest BCUT2D eigenvalue weighted by Gasteiger charge is -2.18. The van der Waals surface area contributed by atoms with Gasteiger partial charge in [-0.15, -0.1) is 0 Å². The highest BCUT2D eigenvalue weighted by Crippen LogP contribution is 2.18. The van der Waals surface area contributed by atoms with E-state index in [1.165, 1.54) is 0 Å². The smallest absolute Gasteiger partial charge is 0.266 e. The number of H-pyrrole nitrogens is 1. The summed E-state index contributed by atoms with van der Waals surface area (Å²) in [4.78, 5) is 13.2. The standard InChI is InChI=1S/C9H15N3O2/c1-2-12-9(5-8(14)10-12)11-4-3-7(13)6-11/h5,7,13H,2-4,6H2,1H3,(H,10,14)/t7-/m0/s1. The van der Waals surface area contributed by atoms with Crippen molar-refractivity contribution in [3.63, 3.8) is 0 Å². The van der Waals surface area contributed by atoms with E-state index in [-0.39, 0.29) is 11.7 Å². The van der Waals surface area contributed by atoms with E-state index in [2.05, 4.69) is 5.10 Å². The Hall–Kier alpha value is -1.23. The maximum absolute atomic E-state index is 11.1. The number of β-amino-alcohol motifs (C(OH)–C–C–N with tert-alkyl or cyclic N) is 1. The van der Waals surface area contributed by atoms with Gasteiger partial charge in [0.05, 0.1) is 6.10 Å². The topological polar surface area (TPSA) is 61.3 Å². The third-order valence-electron chi connectivity index (χ3n) is 2.59. The van der Waals surface area contributed by atoms with Crippen molar-refractivity contribution in [1.82, 2.24) is 9.78 Å². The molecular weight excluding hydrogens is 182 g/mol. The Morgan fingerprint density at radius 2 is 2.50 bits per heavy atom. The van der Waals surface area contributed by atoms with Gasteiger partial charge in [-0.1, -0.05) is 0 Å². The quantitative estimate of drug-likeness (QED) is 0.688. The third kappa shape index (κ3) is 1.55. The zero-order valence-electron chi connectivity index (χ0n) is 8.23. The molecule has 0 radical (unpaired) electrons. The van der Waals surface area contributed by atoms with Crippen LogP contribution in [0.5, 0.6) is 0 Å². The first-order valence-electron chi connectivity index (χ1n) is 4.93. The maximum atomic E-state index is 11.1. The van der Waals surface area contributed by atoms with Gasteiger partial charge < -0.3 is 10.0 Å². The van der Waals surface area contributed by atoms with Crippen molar-refractivity contribution in [2.45, 2.75) is 26.0 Å². The minimum Gasteiger partial charge on any atom is -0.391 e. The second-order valence-electron chi connectivity index (χ2n) is 3.61. The number of aliphatic hydroxyl groups is 1. The lowest BCUT2D eigenvalue weighted by Crippen LogP contribution is -2.24. The van der Waals surface area contributed by atoms with Crippen molar-refractivity contribution in [2.24, 2.45) is 0 Å². The summed E-state index contributed by atoms with van der Waals surface area (Å²) in [6.45, 7) is 4.16. The zero-order chi connectivity index (χ0) is 10.1. The monoisotopic (exact) mass is 197 g/mol. The Morgan fingerprint density at radius 1 is 1.71 bits per heavy atom. The van der Waals surface area contributed by atoms with Gasteiger partial charge in [0, 0.05) is 25.7 Å². The molecule has 1 aliphatic heterocycles. The molecule has 0 amide bonds. The molecule has 1 fully saturated rings. The summed E-state index contributed by atoms with van der Waals surface area (Å²) >= 11 is 0. The molecule has 1 atom stereocenters. The van der Waals surface area contributed by atoms with Crippen LogP contribution in [0, 0.1) is 0 Å². The SMILES string of the molecule is CCn1[nH]c(=O)cc1N1CC[C@H](O)C1. The molecule has 2 N–H and O–H groups in total. The van der Waals surface area contributed by atoms with Gasteiger partial charge in [-0.3, -0.25) is 14.6 Å². The molecule has 0 spiro atoms. The van der Waals surface area contributed by atoms with E-state index in [0.29, 0.717) is 6.54 Å². The fraction of sp³-hybridized carbons (Fsp3) is 0.667. The number of aliphatic hydroxyl groups excluding tert-OH is 1. The van der Waals surface area contributed by atoms with E-state index in [4.69, 9.17) is 0 Å². The second kappa shape index (κ2) is 3.49. The van der Waals surface area contributed by atoms with Crippen LogP contribution in [0.15, 0.2) is 10.9 Å². The van der Waals surface area contributed by atoms with Crippen molar-refractivity contribution >= 4 is 5.82 Å². The molecule has 1 saturated heterocycles. The number of rotatable bonds is 2. The number of nitrogens with zero attached hydrogens (tertiary/aromatic N) is 2. The van der Waals surface area contributed by atoms with Crippen LogP contribution < -0.4 is 10.5 Å². The van der Waals surface area contributed by atoms with Crippen LogP contribution in [-0.4, -0.2) is 34.1 Å². The average molecular weight is 197 g/mol. The highest BCUT2D eigenvalue weighted by molar-refractivity contribution is 5.39. The minimum atomic E-state index is -0.259. The van der Waals surface area contributed by atoms with Crippen LogP contribution >= 0.6 is 0 Å². The average Bonchev–Trinajstić information content (AvgIpc) is 2.71. The van der Waals surface area contributed by atoms with Gasteiger partial charge in [0.15, 0.2) is 0 Å². The molecule has 1 aromatic heterocycles. The third-order valence-corrected chi connectivity index (χ3v) is 2.59. The summed E-state index contributed by atoms with van der Waals surface area (Å²) in [6, 6.07) is 1.58. The van der Waals surface area contributed by atoms with Crippen molar-refractivity contribution in [3.05, 3.63) is 16.4 Å². The molecule has 0 aliphatic carbocycles. The Kier molecular flexibility index (Phi) is 2.33. The molecule has 0 unspecified atom stereocenters. The van der Waals surface area contributed by atoms with Crippen LogP contribution in [0.1, 0.15) is 13.3 Å². The number of anilines is 1. The summed E-state index contributed by atoms with van der Waals surface area (Å²) in [5.41, 5.74) is -0.0803. The van der Waals surface area contributed by atoms with Crippen molar-refractivity contribution in [3.8, 4) is 0 Å². The van der Waals surface area contributed by atoms with Crippen LogP contribution in [-0.2, 0) is 6.54 Å². The molecule has 2 rings (SSSR count). The Labute approximate surface area is 81.9 Å². The van der Waals surface area contributed by atoms with E-state index >= 15 is 0 Å². The van der Waals surface area contributed by atoms with E-state index in [1.54, 1.807) is 10.7 Å². The fourth-order valence-corrected chi connectivity index (χ4v) is 1.87. The summed E-state index contributed by atoms with van der Waals surface area (Å²) in [6.07, 6.45) is 0.522. The number of hydrogen-bond donors (Lipinski definition) is 2. The number of aryl methyl sites for hydroxylation is 1. The van der Waals surface area contributed by atoms with Crippen LogP contribution in [0.3, 0.4) is 0 Å². The van der Waals surface area contributed by atoms with Crippen molar-refractivity contribution in [1.29, 1.82) is 0 Å². The predicted molar refractivity (Wildman–Crippen MR) is 53.6 cm³/mol.